The first kappa shape index (κ1) is 16.6. The summed E-state index contributed by atoms with van der Waals surface area (Å²) in [6.07, 6.45) is 2.53. The Hall–Kier alpha value is -2.30. The lowest BCUT2D eigenvalue weighted by atomic mass is 9.90. The van der Waals surface area contributed by atoms with Gasteiger partial charge in [-0.15, -0.1) is 0 Å². The molecule has 0 atom stereocenters. The third kappa shape index (κ3) is 3.78. The molecule has 0 saturated carbocycles. The summed E-state index contributed by atoms with van der Waals surface area (Å²) in [5, 5.41) is 0. The molecule has 0 spiro atoms. The monoisotopic (exact) mass is 333 g/mol. The zero-order valence-corrected chi connectivity index (χ0v) is 13.1. The normalized spacial score (nSPS) is 15.5. The van der Waals surface area contributed by atoms with Gasteiger partial charge in [-0.1, -0.05) is 12.1 Å². The Labute approximate surface area is 138 Å². The van der Waals surface area contributed by atoms with Crippen LogP contribution in [0.1, 0.15) is 28.8 Å². The van der Waals surface area contributed by atoms with Crippen molar-refractivity contribution in [1.82, 2.24) is 4.90 Å². The van der Waals surface area contributed by atoms with Crippen molar-refractivity contribution in [1.29, 1.82) is 0 Å². The maximum absolute atomic E-state index is 13.3. The van der Waals surface area contributed by atoms with Crippen LogP contribution < -0.4 is 0 Å². The molecule has 3 rings (SSSR count). The van der Waals surface area contributed by atoms with Gasteiger partial charge in [0.15, 0.2) is 11.6 Å². The molecule has 0 aromatic heterocycles. The molecular weight excluding hydrogens is 315 g/mol. The maximum Gasteiger partial charge on any atom is 0.253 e. The second kappa shape index (κ2) is 7.07. The molecule has 1 saturated heterocycles. The fourth-order valence-electron chi connectivity index (χ4n) is 3.11. The first-order valence-corrected chi connectivity index (χ1v) is 8.01. The maximum atomic E-state index is 13.3. The summed E-state index contributed by atoms with van der Waals surface area (Å²) >= 11 is 0. The van der Waals surface area contributed by atoms with E-state index >= 15 is 0 Å². The molecule has 1 fully saturated rings. The number of carbonyl (C=O) groups excluding carboxylic acids is 1. The van der Waals surface area contributed by atoms with Crippen LogP contribution in [0.4, 0.5) is 13.2 Å². The molecular formula is C19H18F3NO. The van der Waals surface area contributed by atoms with Gasteiger partial charge < -0.3 is 4.90 Å². The number of halogens is 3. The fraction of sp³-hybridized carbons (Fsp3) is 0.316. The van der Waals surface area contributed by atoms with Crippen LogP contribution in [0.2, 0.25) is 0 Å². The zero-order chi connectivity index (χ0) is 17.1. The smallest absolute Gasteiger partial charge is 0.253 e. The van der Waals surface area contributed by atoms with E-state index in [1.807, 2.05) is 0 Å². The molecule has 126 valence electrons. The topological polar surface area (TPSA) is 20.3 Å². The molecule has 0 bridgehead atoms. The van der Waals surface area contributed by atoms with E-state index in [-0.39, 0.29) is 17.3 Å². The highest BCUT2D eigenvalue weighted by Crippen LogP contribution is 2.23. The van der Waals surface area contributed by atoms with Gasteiger partial charge in [0.05, 0.1) is 0 Å². The van der Waals surface area contributed by atoms with Gasteiger partial charge in [-0.05, 0) is 61.1 Å². The number of carbonyl (C=O) groups is 1. The lowest BCUT2D eigenvalue weighted by Gasteiger charge is -2.32. The summed E-state index contributed by atoms with van der Waals surface area (Å²) in [5.74, 6) is -2.04. The largest absolute Gasteiger partial charge is 0.339 e. The Bertz CT molecular complexity index is 722. The van der Waals surface area contributed by atoms with Gasteiger partial charge in [0.25, 0.3) is 5.91 Å². The summed E-state index contributed by atoms with van der Waals surface area (Å²) in [4.78, 5) is 14.0. The van der Waals surface area contributed by atoms with Crippen LogP contribution in [0, 0.1) is 23.4 Å². The van der Waals surface area contributed by atoms with E-state index in [0.717, 1.165) is 37.0 Å². The average Bonchev–Trinajstić information content (AvgIpc) is 2.59. The van der Waals surface area contributed by atoms with Crippen molar-refractivity contribution < 1.29 is 18.0 Å². The number of hydrogen-bond acceptors (Lipinski definition) is 1. The minimum atomic E-state index is -1.01. The number of benzene rings is 2. The van der Waals surface area contributed by atoms with Crippen molar-refractivity contribution in [2.75, 3.05) is 13.1 Å². The van der Waals surface area contributed by atoms with Crippen LogP contribution in [0.15, 0.2) is 42.5 Å². The first-order valence-electron chi connectivity index (χ1n) is 8.01. The number of piperidine rings is 1. The van der Waals surface area contributed by atoms with Gasteiger partial charge in [-0.25, -0.2) is 13.2 Å². The molecule has 1 amide bonds. The van der Waals surface area contributed by atoms with Crippen LogP contribution in [-0.2, 0) is 6.42 Å². The van der Waals surface area contributed by atoms with E-state index in [0.29, 0.717) is 19.0 Å². The Balaban J connectivity index is 1.57. The highest BCUT2D eigenvalue weighted by atomic mass is 19.2. The van der Waals surface area contributed by atoms with Crippen molar-refractivity contribution >= 4 is 5.91 Å². The first-order chi connectivity index (χ1) is 11.5. The predicted octanol–water partition coefficient (Wildman–Crippen LogP) is 4.20. The van der Waals surface area contributed by atoms with Gasteiger partial charge in [-0.3, -0.25) is 4.79 Å². The Morgan fingerprint density at radius 2 is 1.62 bits per heavy atom. The summed E-state index contributed by atoms with van der Waals surface area (Å²) in [5.41, 5.74) is 1.26. The summed E-state index contributed by atoms with van der Waals surface area (Å²) in [6, 6.07) is 9.72. The molecule has 1 heterocycles. The minimum Gasteiger partial charge on any atom is -0.339 e. The molecule has 1 aliphatic rings. The highest BCUT2D eigenvalue weighted by Gasteiger charge is 2.24. The zero-order valence-electron chi connectivity index (χ0n) is 13.1. The second-order valence-electron chi connectivity index (χ2n) is 6.20. The SMILES string of the molecule is O=C(c1ccc(F)c(F)c1)N1CCC(Cc2ccc(F)cc2)CC1. The summed E-state index contributed by atoms with van der Waals surface area (Å²) in [6.45, 7) is 1.17. The number of likely N-dealkylation sites (tertiary alicyclic amines) is 1. The molecule has 0 N–H and O–H groups in total. The molecule has 0 aliphatic carbocycles. The highest BCUT2D eigenvalue weighted by molar-refractivity contribution is 5.94. The average molecular weight is 333 g/mol. The van der Waals surface area contributed by atoms with Gasteiger partial charge >= 0.3 is 0 Å². The summed E-state index contributed by atoms with van der Waals surface area (Å²) < 4.78 is 39.2. The van der Waals surface area contributed by atoms with Crippen molar-refractivity contribution in [3.8, 4) is 0 Å². The molecule has 2 aromatic rings. The van der Waals surface area contributed by atoms with Crippen LogP contribution >= 0.6 is 0 Å². The quantitative estimate of drug-likeness (QED) is 0.824. The van der Waals surface area contributed by atoms with Crippen LogP contribution in [0.25, 0.3) is 0 Å². The third-order valence-corrected chi connectivity index (χ3v) is 4.51. The van der Waals surface area contributed by atoms with Crippen LogP contribution in [-0.4, -0.2) is 23.9 Å². The Morgan fingerprint density at radius 3 is 2.25 bits per heavy atom. The van der Waals surface area contributed by atoms with E-state index in [4.69, 9.17) is 0 Å². The second-order valence-corrected chi connectivity index (χ2v) is 6.20. The van der Waals surface area contributed by atoms with Gasteiger partial charge in [0, 0.05) is 18.7 Å². The number of amides is 1. The fourth-order valence-corrected chi connectivity index (χ4v) is 3.11. The lowest BCUT2D eigenvalue weighted by molar-refractivity contribution is 0.0690. The van der Waals surface area contributed by atoms with E-state index in [1.54, 1.807) is 17.0 Å². The van der Waals surface area contributed by atoms with Gasteiger partial charge in [-0.2, -0.15) is 0 Å². The van der Waals surface area contributed by atoms with E-state index in [9.17, 15) is 18.0 Å². The number of nitrogens with zero attached hydrogens (tertiary/aromatic N) is 1. The molecule has 24 heavy (non-hydrogen) atoms. The van der Waals surface area contributed by atoms with Crippen LogP contribution in [0.5, 0.6) is 0 Å². The summed E-state index contributed by atoms with van der Waals surface area (Å²) in [7, 11) is 0. The van der Waals surface area contributed by atoms with Crippen molar-refractivity contribution in [3.63, 3.8) is 0 Å². The molecule has 2 aromatic carbocycles. The minimum absolute atomic E-state index is 0.172. The van der Waals surface area contributed by atoms with Gasteiger partial charge in [0.1, 0.15) is 5.82 Å². The van der Waals surface area contributed by atoms with E-state index < -0.39 is 11.6 Å². The molecule has 0 unspecified atom stereocenters. The molecule has 2 nitrogen and oxygen atoms in total. The standard InChI is InChI=1S/C19H18F3NO/c20-16-4-1-13(2-5-16)11-14-7-9-23(10-8-14)19(24)15-3-6-17(21)18(22)12-15/h1-6,12,14H,7-11H2. The van der Waals surface area contributed by atoms with Crippen LogP contribution in [0.3, 0.4) is 0 Å². The van der Waals surface area contributed by atoms with Crippen molar-refractivity contribution in [2.24, 2.45) is 5.92 Å². The van der Waals surface area contributed by atoms with E-state index in [2.05, 4.69) is 0 Å². The molecule has 0 radical (unpaired) electrons. The predicted molar refractivity (Wildman–Crippen MR) is 85.1 cm³/mol. The Morgan fingerprint density at radius 1 is 0.958 bits per heavy atom. The Kier molecular flexibility index (Phi) is 4.88. The molecule has 1 aliphatic heterocycles. The van der Waals surface area contributed by atoms with Gasteiger partial charge in [0.2, 0.25) is 0 Å². The molecule has 5 heteroatoms. The van der Waals surface area contributed by atoms with Crippen molar-refractivity contribution in [3.05, 3.63) is 71.0 Å². The van der Waals surface area contributed by atoms with E-state index in [1.165, 1.54) is 18.2 Å². The number of hydrogen-bond donors (Lipinski definition) is 0. The third-order valence-electron chi connectivity index (χ3n) is 4.51. The lowest BCUT2D eigenvalue weighted by Crippen LogP contribution is -2.39. The number of rotatable bonds is 3. The van der Waals surface area contributed by atoms with Crippen molar-refractivity contribution in [2.45, 2.75) is 19.3 Å².